The highest BCUT2D eigenvalue weighted by Gasteiger charge is 2.09. The Bertz CT molecular complexity index is 400. The molecule has 3 nitrogen and oxygen atoms in total. The van der Waals surface area contributed by atoms with Gasteiger partial charge in [-0.3, -0.25) is 0 Å². The molecule has 0 radical (unpaired) electrons. The second-order valence-electron chi connectivity index (χ2n) is 2.49. The van der Waals surface area contributed by atoms with Crippen LogP contribution in [0.5, 0.6) is 0 Å². The van der Waals surface area contributed by atoms with Crippen molar-refractivity contribution >= 4 is 25.8 Å². The fourth-order valence-corrected chi connectivity index (χ4v) is 1.57. The molecule has 12 heavy (non-hydrogen) atoms. The Labute approximate surface area is 79.9 Å². The molecule has 0 saturated heterocycles. The summed E-state index contributed by atoms with van der Waals surface area (Å²) in [4.78, 5) is 3.91. The number of sulfone groups is 1. The molecule has 0 unspecified atom stereocenters. The summed E-state index contributed by atoms with van der Waals surface area (Å²) in [6.07, 6.45) is 1.14. The first kappa shape index (κ1) is 9.67. The van der Waals surface area contributed by atoms with E-state index in [-0.39, 0.29) is 5.03 Å². The molecule has 0 fully saturated rings. The largest absolute Gasteiger partial charge is 0.240 e. The molecular weight excluding hydrogens is 242 g/mol. The van der Waals surface area contributed by atoms with E-state index in [4.69, 9.17) is 0 Å². The Balaban J connectivity index is 3.33. The van der Waals surface area contributed by atoms with Crippen LogP contribution in [0, 0.1) is 6.92 Å². The van der Waals surface area contributed by atoms with Gasteiger partial charge in [-0.2, -0.15) is 0 Å². The van der Waals surface area contributed by atoms with Crippen molar-refractivity contribution in [3.8, 4) is 0 Å². The second-order valence-corrected chi connectivity index (χ2v) is 5.31. The highest BCUT2D eigenvalue weighted by atomic mass is 79.9. The van der Waals surface area contributed by atoms with Crippen molar-refractivity contribution in [1.29, 1.82) is 0 Å². The summed E-state index contributed by atoms with van der Waals surface area (Å²) in [5.41, 5.74) is 0.679. The quantitative estimate of drug-likeness (QED) is 0.759. The molecule has 0 saturated carbocycles. The van der Waals surface area contributed by atoms with Crippen molar-refractivity contribution in [3.05, 3.63) is 22.3 Å². The number of aromatic nitrogens is 1. The van der Waals surface area contributed by atoms with Gasteiger partial charge < -0.3 is 0 Å². The van der Waals surface area contributed by atoms with Crippen LogP contribution in [0.4, 0.5) is 0 Å². The predicted molar refractivity (Wildman–Crippen MR) is 49.8 cm³/mol. The molecule has 0 N–H and O–H groups in total. The van der Waals surface area contributed by atoms with Gasteiger partial charge in [-0.15, -0.1) is 0 Å². The van der Waals surface area contributed by atoms with Crippen molar-refractivity contribution in [2.24, 2.45) is 0 Å². The fourth-order valence-electron chi connectivity index (χ4n) is 0.728. The molecule has 1 rings (SSSR count). The Kier molecular flexibility index (Phi) is 2.53. The van der Waals surface area contributed by atoms with E-state index in [1.807, 2.05) is 0 Å². The van der Waals surface area contributed by atoms with Gasteiger partial charge in [0, 0.05) is 10.7 Å². The van der Waals surface area contributed by atoms with Crippen LogP contribution < -0.4 is 0 Å². The van der Waals surface area contributed by atoms with Gasteiger partial charge in [-0.05, 0) is 35.0 Å². The first-order valence-electron chi connectivity index (χ1n) is 3.24. The predicted octanol–water partition coefficient (Wildman–Crippen LogP) is 1.56. The Morgan fingerprint density at radius 2 is 2.00 bits per heavy atom. The first-order chi connectivity index (χ1) is 5.41. The smallest absolute Gasteiger partial charge is 0.192 e. The third kappa shape index (κ3) is 2.04. The molecule has 0 aliphatic rings. The lowest BCUT2D eigenvalue weighted by Gasteiger charge is -1.99. The number of halogens is 1. The summed E-state index contributed by atoms with van der Waals surface area (Å²) in [5.74, 6) is 0. The summed E-state index contributed by atoms with van der Waals surface area (Å²) in [6, 6.07) is 3.16. The molecule has 0 aromatic carbocycles. The topological polar surface area (TPSA) is 47.0 Å². The van der Waals surface area contributed by atoms with Gasteiger partial charge in [0.25, 0.3) is 0 Å². The number of nitrogens with zero attached hydrogens (tertiary/aromatic N) is 1. The number of aryl methyl sites for hydroxylation is 1. The lowest BCUT2D eigenvalue weighted by atomic mass is 10.4. The summed E-state index contributed by atoms with van der Waals surface area (Å²) >= 11 is 3.24. The van der Waals surface area contributed by atoms with Gasteiger partial charge in [0.05, 0.1) is 5.69 Å². The van der Waals surface area contributed by atoms with Crippen LogP contribution in [-0.2, 0) is 9.84 Å². The SMILES string of the molecule is Cc1nc(S(C)(=O)=O)ccc1Br. The summed E-state index contributed by atoms with van der Waals surface area (Å²) in [7, 11) is -3.17. The average Bonchev–Trinajstić information content (AvgIpc) is 1.92. The number of hydrogen-bond acceptors (Lipinski definition) is 3. The molecule has 5 heteroatoms. The monoisotopic (exact) mass is 249 g/mol. The van der Waals surface area contributed by atoms with E-state index in [9.17, 15) is 8.42 Å². The van der Waals surface area contributed by atoms with Crippen molar-refractivity contribution in [3.63, 3.8) is 0 Å². The van der Waals surface area contributed by atoms with Crippen LogP contribution in [0.25, 0.3) is 0 Å². The van der Waals surface area contributed by atoms with Crippen LogP contribution in [0.3, 0.4) is 0 Å². The van der Waals surface area contributed by atoms with Gasteiger partial charge in [0.1, 0.15) is 0 Å². The molecule has 0 bridgehead atoms. The lowest BCUT2D eigenvalue weighted by Crippen LogP contribution is -2.01. The molecule has 1 aromatic heterocycles. The second kappa shape index (κ2) is 3.14. The van der Waals surface area contributed by atoms with Gasteiger partial charge in [0.15, 0.2) is 14.9 Å². The van der Waals surface area contributed by atoms with Gasteiger partial charge in [-0.25, -0.2) is 13.4 Å². The Morgan fingerprint density at radius 3 is 2.42 bits per heavy atom. The van der Waals surface area contributed by atoms with Crippen LogP contribution in [-0.4, -0.2) is 19.7 Å². The van der Waals surface area contributed by atoms with E-state index in [0.717, 1.165) is 10.7 Å². The minimum Gasteiger partial charge on any atom is -0.240 e. The summed E-state index contributed by atoms with van der Waals surface area (Å²) in [6.45, 7) is 1.75. The van der Waals surface area contributed by atoms with Crippen molar-refractivity contribution in [2.75, 3.05) is 6.26 Å². The molecular formula is C7H8BrNO2S. The van der Waals surface area contributed by atoms with E-state index in [2.05, 4.69) is 20.9 Å². The first-order valence-corrected chi connectivity index (χ1v) is 5.93. The minimum atomic E-state index is -3.17. The van der Waals surface area contributed by atoms with Gasteiger partial charge >= 0.3 is 0 Å². The molecule has 1 heterocycles. The van der Waals surface area contributed by atoms with E-state index >= 15 is 0 Å². The standard InChI is InChI=1S/C7H8BrNO2S/c1-5-6(8)3-4-7(9-5)12(2,10)11/h3-4H,1-2H3. The zero-order valence-electron chi connectivity index (χ0n) is 6.70. The summed E-state index contributed by atoms with van der Waals surface area (Å²) < 4.78 is 22.9. The number of pyridine rings is 1. The van der Waals surface area contributed by atoms with Crippen molar-refractivity contribution in [1.82, 2.24) is 4.98 Å². The van der Waals surface area contributed by atoms with E-state index in [0.29, 0.717) is 5.69 Å². The molecule has 0 spiro atoms. The molecule has 1 aromatic rings. The average molecular weight is 250 g/mol. The molecule has 0 atom stereocenters. The van der Waals surface area contributed by atoms with Crippen molar-refractivity contribution in [2.45, 2.75) is 11.9 Å². The van der Waals surface area contributed by atoms with E-state index < -0.39 is 9.84 Å². The van der Waals surface area contributed by atoms with Gasteiger partial charge in [-0.1, -0.05) is 0 Å². The maximum Gasteiger partial charge on any atom is 0.192 e. The van der Waals surface area contributed by atoms with Crippen LogP contribution in [0.1, 0.15) is 5.69 Å². The fraction of sp³-hybridized carbons (Fsp3) is 0.286. The van der Waals surface area contributed by atoms with Crippen LogP contribution in [0.2, 0.25) is 0 Å². The molecule has 66 valence electrons. The normalized spacial score (nSPS) is 11.6. The highest BCUT2D eigenvalue weighted by molar-refractivity contribution is 9.10. The third-order valence-electron chi connectivity index (χ3n) is 1.38. The zero-order valence-corrected chi connectivity index (χ0v) is 9.11. The number of rotatable bonds is 1. The third-order valence-corrected chi connectivity index (χ3v) is 3.20. The molecule has 0 amide bonds. The lowest BCUT2D eigenvalue weighted by molar-refractivity contribution is 0.598. The number of hydrogen-bond donors (Lipinski definition) is 0. The van der Waals surface area contributed by atoms with Crippen LogP contribution >= 0.6 is 15.9 Å². The maximum atomic E-state index is 11.0. The van der Waals surface area contributed by atoms with Gasteiger partial charge in [0.2, 0.25) is 0 Å². The highest BCUT2D eigenvalue weighted by Crippen LogP contribution is 2.15. The molecule has 0 aliphatic carbocycles. The zero-order chi connectivity index (χ0) is 9.35. The van der Waals surface area contributed by atoms with E-state index in [1.165, 1.54) is 6.07 Å². The summed E-state index contributed by atoms with van der Waals surface area (Å²) in [5, 5.41) is 0.114. The Hall–Kier alpha value is -0.420. The minimum absolute atomic E-state index is 0.114. The van der Waals surface area contributed by atoms with Crippen LogP contribution in [0.15, 0.2) is 21.6 Å². The Morgan fingerprint density at radius 1 is 1.42 bits per heavy atom. The van der Waals surface area contributed by atoms with Crippen molar-refractivity contribution < 1.29 is 8.42 Å². The maximum absolute atomic E-state index is 11.0. The van der Waals surface area contributed by atoms with E-state index in [1.54, 1.807) is 13.0 Å². The molecule has 0 aliphatic heterocycles.